The van der Waals surface area contributed by atoms with Crippen LogP contribution in [0.1, 0.15) is 36.0 Å². The van der Waals surface area contributed by atoms with Gasteiger partial charge in [0.1, 0.15) is 0 Å². The largest absolute Gasteiger partial charge is 0.340 e. The van der Waals surface area contributed by atoms with E-state index in [1.54, 1.807) is 0 Å². The highest BCUT2D eigenvalue weighted by Gasteiger charge is 2.30. The standard InChI is InChI=1S/C15H18BrN3O/c1-10-18-15(19-20-10)6-7-17-12-8-11(9-12)13-4-2-3-5-14(13)16/h2-5,11-12,17H,6-9H2,1H3. The average molecular weight is 336 g/mol. The minimum absolute atomic E-state index is 0.611. The van der Waals surface area contributed by atoms with Crippen molar-refractivity contribution in [2.24, 2.45) is 0 Å². The summed E-state index contributed by atoms with van der Waals surface area (Å²) in [7, 11) is 0. The van der Waals surface area contributed by atoms with Crippen molar-refractivity contribution < 1.29 is 4.52 Å². The van der Waals surface area contributed by atoms with E-state index in [4.69, 9.17) is 4.52 Å². The molecule has 0 spiro atoms. The lowest BCUT2D eigenvalue weighted by Crippen LogP contribution is -2.41. The predicted octanol–water partition coefficient (Wildman–Crippen LogP) is 3.22. The molecule has 0 bridgehead atoms. The van der Waals surface area contributed by atoms with Crippen molar-refractivity contribution in [2.45, 2.75) is 38.1 Å². The number of hydrogen-bond acceptors (Lipinski definition) is 4. The second-order valence-corrected chi connectivity index (χ2v) is 6.17. The van der Waals surface area contributed by atoms with Crippen LogP contribution in [-0.4, -0.2) is 22.7 Å². The number of halogens is 1. The van der Waals surface area contributed by atoms with Crippen molar-refractivity contribution in [3.63, 3.8) is 0 Å². The fraction of sp³-hybridized carbons (Fsp3) is 0.467. The molecule has 1 fully saturated rings. The lowest BCUT2D eigenvalue weighted by atomic mass is 9.76. The number of aromatic nitrogens is 2. The zero-order valence-corrected chi connectivity index (χ0v) is 13.1. The molecule has 0 saturated heterocycles. The number of benzene rings is 1. The molecule has 106 valence electrons. The Morgan fingerprint density at radius 1 is 1.35 bits per heavy atom. The summed E-state index contributed by atoms with van der Waals surface area (Å²) in [4.78, 5) is 4.20. The maximum absolute atomic E-state index is 4.96. The van der Waals surface area contributed by atoms with Crippen LogP contribution >= 0.6 is 15.9 Å². The molecule has 1 aliphatic carbocycles. The summed E-state index contributed by atoms with van der Waals surface area (Å²) >= 11 is 3.63. The van der Waals surface area contributed by atoms with E-state index < -0.39 is 0 Å². The van der Waals surface area contributed by atoms with Crippen molar-refractivity contribution in [1.29, 1.82) is 0 Å². The monoisotopic (exact) mass is 335 g/mol. The average Bonchev–Trinajstić information content (AvgIpc) is 2.79. The van der Waals surface area contributed by atoms with Gasteiger partial charge in [-0.2, -0.15) is 4.98 Å². The van der Waals surface area contributed by atoms with Crippen LogP contribution in [0.5, 0.6) is 0 Å². The van der Waals surface area contributed by atoms with E-state index >= 15 is 0 Å². The SMILES string of the molecule is Cc1nc(CCNC2CC(c3ccccc3Br)C2)no1. The fourth-order valence-corrected chi connectivity index (χ4v) is 3.28. The molecular weight excluding hydrogens is 318 g/mol. The highest BCUT2D eigenvalue weighted by atomic mass is 79.9. The van der Waals surface area contributed by atoms with Gasteiger partial charge in [0.25, 0.3) is 0 Å². The van der Waals surface area contributed by atoms with E-state index in [1.807, 2.05) is 6.92 Å². The molecule has 0 unspecified atom stereocenters. The first-order valence-corrected chi connectivity index (χ1v) is 7.78. The summed E-state index contributed by atoms with van der Waals surface area (Å²) in [5, 5.41) is 7.46. The molecule has 1 heterocycles. The first-order chi connectivity index (χ1) is 9.72. The van der Waals surface area contributed by atoms with Gasteiger partial charge in [-0.1, -0.05) is 39.3 Å². The Labute approximate surface area is 127 Å². The van der Waals surface area contributed by atoms with E-state index in [2.05, 4.69) is 55.7 Å². The zero-order valence-electron chi connectivity index (χ0n) is 11.5. The summed E-state index contributed by atoms with van der Waals surface area (Å²) in [5.74, 6) is 2.10. The van der Waals surface area contributed by atoms with Gasteiger partial charge in [-0.05, 0) is 30.4 Å². The number of rotatable bonds is 5. The summed E-state index contributed by atoms with van der Waals surface area (Å²) in [6, 6.07) is 9.12. The highest BCUT2D eigenvalue weighted by Crippen LogP contribution is 2.39. The van der Waals surface area contributed by atoms with E-state index in [9.17, 15) is 0 Å². The van der Waals surface area contributed by atoms with Crippen LogP contribution in [0.25, 0.3) is 0 Å². The lowest BCUT2D eigenvalue weighted by molar-refractivity contribution is 0.291. The van der Waals surface area contributed by atoms with Crippen LogP contribution in [0, 0.1) is 6.92 Å². The lowest BCUT2D eigenvalue weighted by Gasteiger charge is -2.36. The quantitative estimate of drug-likeness (QED) is 0.911. The Morgan fingerprint density at radius 2 is 2.15 bits per heavy atom. The third-order valence-corrected chi connectivity index (χ3v) is 4.56. The maximum Gasteiger partial charge on any atom is 0.223 e. The molecule has 0 atom stereocenters. The van der Waals surface area contributed by atoms with Crippen LogP contribution in [-0.2, 0) is 6.42 Å². The van der Waals surface area contributed by atoms with Crippen molar-refractivity contribution in [2.75, 3.05) is 6.54 Å². The van der Waals surface area contributed by atoms with Gasteiger partial charge in [-0.3, -0.25) is 0 Å². The smallest absolute Gasteiger partial charge is 0.223 e. The Kier molecular flexibility index (Phi) is 4.17. The predicted molar refractivity (Wildman–Crippen MR) is 80.6 cm³/mol. The van der Waals surface area contributed by atoms with Gasteiger partial charge in [0.2, 0.25) is 5.89 Å². The first-order valence-electron chi connectivity index (χ1n) is 6.99. The van der Waals surface area contributed by atoms with Crippen molar-refractivity contribution >= 4 is 15.9 Å². The second kappa shape index (κ2) is 6.06. The van der Waals surface area contributed by atoms with Crippen molar-refractivity contribution in [1.82, 2.24) is 15.5 Å². The van der Waals surface area contributed by atoms with Gasteiger partial charge >= 0.3 is 0 Å². The highest BCUT2D eigenvalue weighted by molar-refractivity contribution is 9.10. The summed E-state index contributed by atoms with van der Waals surface area (Å²) in [5.41, 5.74) is 1.43. The number of nitrogens with zero attached hydrogens (tertiary/aromatic N) is 2. The van der Waals surface area contributed by atoms with Gasteiger partial charge in [-0.25, -0.2) is 0 Å². The maximum atomic E-state index is 4.96. The molecule has 1 aromatic carbocycles. The van der Waals surface area contributed by atoms with Crippen LogP contribution in [0.2, 0.25) is 0 Å². The molecular formula is C15H18BrN3O. The van der Waals surface area contributed by atoms with Gasteiger partial charge in [0, 0.05) is 30.4 Å². The molecule has 0 aliphatic heterocycles. The van der Waals surface area contributed by atoms with Gasteiger partial charge < -0.3 is 9.84 Å². The van der Waals surface area contributed by atoms with Gasteiger partial charge in [0.05, 0.1) is 0 Å². The first kappa shape index (κ1) is 13.8. The molecule has 1 saturated carbocycles. The molecule has 1 aliphatic rings. The summed E-state index contributed by atoms with van der Waals surface area (Å²) in [6.07, 6.45) is 3.23. The van der Waals surface area contributed by atoms with Crippen LogP contribution in [0.3, 0.4) is 0 Å². The van der Waals surface area contributed by atoms with E-state index in [1.165, 1.54) is 22.9 Å². The molecule has 1 aromatic heterocycles. The number of aryl methyl sites for hydroxylation is 1. The minimum Gasteiger partial charge on any atom is -0.340 e. The van der Waals surface area contributed by atoms with E-state index in [0.717, 1.165) is 18.8 Å². The van der Waals surface area contributed by atoms with E-state index in [0.29, 0.717) is 17.9 Å². The van der Waals surface area contributed by atoms with E-state index in [-0.39, 0.29) is 0 Å². The molecule has 1 N–H and O–H groups in total. The normalized spacial score (nSPS) is 21.7. The Hall–Kier alpha value is -1.20. The van der Waals surface area contributed by atoms with Crippen LogP contribution in [0.15, 0.2) is 33.3 Å². The zero-order chi connectivity index (χ0) is 13.9. The fourth-order valence-electron chi connectivity index (χ4n) is 2.68. The second-order valence-electron chi connectivity index (χ2n) is 5.32. The number of hydrogen-bond donors (Lipinski definition) is 1. The summed E-state index contributed by atoms with van der Waals surface area (Å²) in [6.45, 7) is 2.73. The molecule has 5 heteroatoms. The Morgan fingerprint density at radius 3 is 2.85 bits per heavy atom. The molecule has 4 nitrogen and oxygen atoms in total. The molecule has 2 aromatic rings. The van der Waals surface area contributed by atoms with Crippen molar-refractivity contribution in [3.05, 3.63) is 46.0 Å². The number of nitrogens with one attached hydrogen (secondary N) is 1. The summed E-state index contributed by atoms with van der Waals surface area (Å²) < 4.78 is 6.18. The van der Waals surface area contributed by atoms with Crippen molar-refractivity contribution in [3.8, 4) is 0 Å². The Bertz CT molecular complexity index is 578. The third-order valence-electron chi connectivity index (χ3n) is 3.83. The van der Waals surface area contributed by atoms with Gasteiger partial charge in [0.15, 0.2) is 5.82 Å². The Balaban J connectivity index is 1.41. The molecule has 20 heavy (non-hydrogen) atoms. The molecule has 3 rings (SSSR count). The topological polar surface area (TPSA) is 51.0 Å². The van der Waals surface area contributed by atoms with Crippen LogP contribution in [0.4, 0.5) is 0 Å². The third kappa shape index (κ3) is 3.10. The molecule has 0 radical (unpaired) electrons. The van der Waals surface area contributed by atoms with Crippen LogP contribution < -0.4 is 5.32 Å². The van der Waals surface area contributed by atoms with Gasteiger partial charge in [-0.15, -0.1) is 0 Å². The molecule has 0 amide bonds. The minimum atomic E-state index is 0.611.